The molecule has 6 amide bonds. The number of hydrogen-bond donors (Lipinski definition) is 11. The molecule has 20 nitrogen and oxygen atoms in total. The molecule has 0 fully saturated rings. The van der Waals surface area contributed by atoms with Crippen LogP contribution in [0.4, 0.5) is 0 Å². The van der Waals surface area contributed by atoms with Crippen molar-refractivity contribution in [2.24, 2.45) is 45.9 Å². The van der Waals surface area contributed by atoms with E-state index in [0.717, 1.165) is 0 Å². The third kappa shape index (κ3) is 22.8. The number of carbonyl (C=O) groups is 8. The lowest BCUT2D eigenvalue weighted by molar-refractivity contribution is -0.143. The zero-order valence-corrected chi connectivity index (χ0v) is 37.9. The van der Waals surface area contributed by atoms with Crippen LogP contribution in [-0.2, 0) is 44.8 Å². The summed E-state index contributed by atoms with van der Waals surface area (Å²) in [5.41, 5.74) is 17.3. The van der Waals surface area contributed by atoms with Crippen LogP contribution in [0.5, 0.6) is 0 Å². The van der Waals surface area contributed by atoms with Crippen LogP contribution >= 0.6 is 0 Å². The van der Waals surface area contributed by atoms with Gasteiger partial charge in [0.25, 0.3) is 0 Å². The lowest BCUT2D eigenvalue weighted by atomic mass is 9.98. The van der Waals surface area contributed by atoms with Crippen molar-refractivity contribution in [2.75, 3.05) is 6.54 Å². The zero-order valence-electron chi connectivity index (χ0n) is 37.9. The van der Waals surface area contributed by atoms with E-state index < -0.39 is 96.1 Å². The highest BCUT2D eigenvalue weighted by atomic mass is 16.4. The smallest absolute Gasteiger partial charge is 0.326 e. The first kappa shape index (κ1) is 55.2. The van der Waals surface area contributed by atoms with Gasteiger partial charge >= 0.3 is 11.9 Å². The molecule has 0 aliphatic rings. The van der Waals surface area contributed by atoms with Crippen molar-refractivity contribution in [2.45, 2.75) is 149 Å². The van der Waals surface area contributed by atoms with E-state index in [-0.39, 0.29) is 74.7 Å². The van der Waals surface area contributed by atoms with E-state index in [1.54, 1.807) is 44.2 Å². The summed E-state index contributed by atoms with van der Waals surface area (Å²) in [5.74, 6) is -7.93. The molecule has 1 rings (SSSR count). The van der Waals surface area contributed by atoms with Crippen LogP contribution in [0.2, 0.25) is 0 Å². The van der Waals surface area contributed by atoms with Crippen LogP contribution in [-0.4, -0.2) is 112 Å². The molecular formula is C43H72N10O10. The standard InChI is InChI=1S/C43H72N10O10/c1-23(2)17-28(44)36(56)49-30(18-24(3)4)37(57)50-31(19-25(5)6)38(58)51-32(20-26(7)8)39(59)53-34(22-35(54)55)41(61)52-33(21-27-13-10-9-11-14-27)40(60)48-29(42(62)63)15-12-16-47-43(45)46/h9-11,13-14,23-26,28-34H,12,15-22,44H2,1-8H3,(H,48,60)(H,49,56)(H,50,57)(H,51,58)(H,52,61)(H,53,59)(H,54,55)(H,62,63)(H4,45,46,47)/t28-,29-,30-,31-,32-,33-,34-/m0/s1. The highest BCUT2D eigenvalue weighted by Crippen LogP contribution is 2.13. The number of aliphatic imine (C=N–C) groups is 1. The van der Waals surface area contributed by atoms with Crippen LogP contribution in [0.25, 0.3) is 0 Å². The van der Waals surface area contributed by atoms with Gasteiger partial charge in [0.15, 0.2) is 5.96 Å². The van der Waals surface area contributed by atoms with Crippen molar-refractivity contribution in [3.63, 3.8) is 0 Å². The molecule has 14 N–H and O–H groups in total. The second-order valence-corrected chi connectivity index (χ2v) is 17.6. The Kier molecular flexibility index (Phi) is 24.6. The van der Waals surface area contributed by atoms with Crippen LogP contribution in [0, 0.1) is 23.7 Å². The van der Waals surface area contributed by atoms with Crippen molar-refractivity contribution >= 4 is 53.3 Å². The number of carboxylic acids is 2. The molecule has 354 valence electrons. The Morgan fingerprint density at radius 2 is 0.921 bits per heavy atom. The van der Waals surface area contributed by atoms with Gasteiger partial charge in [-0.2, -0.15) is 0 Å². The van der Waals surface area contributed by atoms with E-state index in [1.807, 2.05) is 41.5 Å². The summed E-state index contributed by atoms with van der Waals surface area (Å²) in [6.07, 6.45) is -0.0745. The normalized spacial score (nSPS) is 14.6. The van der Waals surface area contributed by atoms with Crippen LogP contribution in [0.1, 0.15) is 106 Å². The summed E-state index contributed by atoms with van der Waals surface area (Å²) in [4.78, 5) is 110. The zero-order chi connectivity index (χ0) is 48.0. The largest absolute Gasteiger partial charge is 0.481 e. The lowest BCUT2D eigenvalue weighted by Crippen LogP contribution is -2.60. The fourth-order valence-corrected chi connectivity index (χ4v) is 6.57. The molecule has 0 aliphatic carbocycles. The molecule has 1 aromatic carbocycles. The Labute approximate surface area is 370 Å². The van der Waals surface area contributed by atoms with Crippen LogP contribution in [0.3, 0.4) is 0 Å². The van der Waals surface area contributed by atoms with E-state index in [9.17, 15) is 48.6 Å². The maximum absolute atomic E-state index is 14.0. The average Bonchev–Trinajstić information content (AvgIpc) is 3.16. The van der Waals surface area contributed by atoms with Gasteiger partial charge in [0.2, 0.25) is 35.4 Å². The van der Waals surface area contributed by atoms with E-state index >= 15 is 0 Å². The quantitative estimate of drug-likeness (QED) is 0.0293. The third-order valence-corrected chi connectivity index (χ3v) is 9.57. The van der Waals surface area contributed by atoms with Crippen molar-refractivity contribution in [1.82, 2.24) is 31.9 Å². The number of aliphatic carboxylic acids is 2. The lowest BCUT2D eigenvalue weighted by Gasteiger charge is -2.29. The van der Waals surface area contributed by atoms with Gasteiger partial charge in [-0.05, 0) is 67.8 Å². The van der Waals surface area contributed by atoms with Crippen molar-refractivity contribution in [3.8, 4) is 0 Å². The highest BCUT2D eigenvalue weighted by molar-refractivity contribution is 5.98. The van der Waals surface area contributed by atoms with Gasteiger partial charge in [-0.15, -0.1) is 0 Å². The minimum absolute atomic E-state index is 0.0210. The summed E-state index contributed by atoms with van der Waals surface area (Å²) in [5, 5.41) is 35.1. The number of benzene rings is 1. The predicted octanol–water partition coefficient (Wildman–Crippen LogP) is 0.263. The first-order valence-electron chi connectivity index (χ1n) is 21.5. The molecule has 1 aromatic rings. The number of nitrogens with zero attached hydrogens (tertiary/aromatic N) is 1. The molecule has 7 atom stereocenters. The van der Waals surface area contributed by atoms with Crippen molar-refractivity contribution < 1.29 is 48.6 Å². The Morgan fingerprint density at radius 1 is 0.540 bits per heavy atom. The first-order valence-corrected chi connectivity index (χ1v) is 21.5. The van der Waals surface area contributed by atoms with Crippen LogP contribution in [0.15, 0.2) is 35.3 Å². The monoisotopic (exact) mass is 889 g/mol. The summed E-state index contributed by atoms with van der Waals surface area (Å²) >= 11 is 0. The Balaban J connectivity index is 3.40. The van der Waals surface area contributed by atoms with E-state index in [1.165, 1.54) is 0 Å². The van der Waals surface area contributed by atoms with Gasteiger partial charge < -0.3 is 59.3 Å². The fourth-order valence-electron chi connectivity index (χ4n) is 6.57. The summed E-state index contributed by atoms with van der Waals surface area (Å²) < 4.78 is 0. The molecule has 0 radical (unpaired) electrons. The Bertz CT molecular complexity index is 1700. The molecule has 0 bridgehead atoms. The number of hydrogen-bond acceptors (Lipinski definition) is 10. The van der Waals surface area contributed by atoms with E-state index in [4.69, 9.17) is 17.2 Å². The third-order valence-electron chi connectivity index (χ3n) is 9.57. The molecule has 0 aromatic heterocycles. The Hall–Kier alpha value is -5.79. The molecule has 63 heavy (non-hydrogen) atoms. The van der Waals surface area contributed by atoms with Gasteiger partial charge in [0, 0.05) is 13.0 Å². The predicted molar refractivity (Wildman–Crippen MR) is 237 cm³/mol. The highest BCUT2D eigenvalue weighted by Gasteiger charge is 2.35. The minimum atomic E-state index is -1.75. The average molecular weight is 889 g/mol. The van der Waals surface area contributed by atoms with Crippen LogP contribution < -0.4 is 49.1 Å². The number of nitrogens with two attached hydrogens (primary N) is 3. The summed E-state index contributed by atoms with van der Waals surface area (Å²) in [7, 11) is 0. The van der Waals surface area contributed by atoms with Gasteiger partial charge in [0.1, 0.15) is 36.3 Å². The SMILES string of the molecule is CC(C)C[C@H](NC(=O)[C@H](CC(C)C)NC(=O)[C@H](CC(C)C)NC(=O)[C@@H](N)CC(C)C)C(=O)N[C@@H](CC(=O)O)C(=O)N[C@@H](Cc1ccccc1)C(=O)N[C@@H](CCCN=C(N)N)C(=O)O. The van der Waals surface area contributed by atoms with Crippen molar-refractivity contribution in [1.29, 1.82) is 0 Å². The fraction of sp³-hybridized carbons (Fsp3) is 0.651. The number of carbonyl (C=O) groups excluding carboxylic acids is 6. The summed E-state index contributed by atoms with van der Waals surface area (Å²) in [6, 6.07) is -0.449. The molecule has 0 saturated heterocycles. The van der Waals surface area contributed by atoms with E-state index in [2.05, 4.69) is 36.9 Å². The number of carboxylic acid groups (broad SMARTS) is 2. The molecular weight excluding hydrogens is 817 g/mol. The van der Waals surface area contributed by atoms with E-state index in [0.29, 0.717) is 12.0 Å². The van der Waals surface area contributed by atoms with Gasteiger partial charge in [-0.1, -0.05) is 85.7 Å². The number of nitrogens with one attached hydrogen (secondary N) is 6. The van der Waals surface area contributed by atoms with Crippen molar-refractivity contribution in [3.05, 3.63) is 35.9 Å². The Morgan fingerprint density at radius 3 is 1.33 bits per heavy atom. The number of rotatable bonds is 29. The number of guanidine groups is 1. The van der Waals surface area contributed by atoms with Gasteiger partial charge in [-0.25, -0.2) is 4.79 Å². The molecule has 0 unspecified atom stereocenters. The first-order chi connectivity index (χ1) is 29.4. The molecule has 20 heteroatoms. The molecule has 0 heterocycles. The molecule has 0 spiro atoms. The minimum Gasteiger partial charge on any atom is -0.481 e. The topological polar surface area (TPSA) is 340 Å². The summed E-state index contributed by atoms with van der Waals surface area (Å²) in [6.45, 7) is 14.9. The maximum Gasteiger partial charge on any atom is 0.326 e. The molecule has 0 saturated carbocycles. The second-order valence-electron chi connectivity index (χ2n) is 17.6. The van der Waals surface area contributed by atoms with Gasteiger partial charge in [-0.3, -0.25) is 38.6 Å². The maximum atomic E-state index is 14.0. The molecule has 0 aliphatic heterocycles. The number of amides is 6. The second kappa shape index (κ2) is 28.0. The van der Waals surface area contributed by atoms with Gasteiger partial charge in [0.05, 0.1) is 12.5 Å².